The van der Waals surface area contributed by atoms with Crippen LogP contribution in [0.25, 0.3) is 0 Å². The molecular weight excluding hydrogens is 881 g/mol. The van der Waals surface area contributed by atoms with E-state index in [1.54, 1.807) is 0 Å². The molecule has 8 nitrogen and oxygen atoms in total. The number of allylic oxidation sites excluding steroid dienone is 2. The fourth-order valence-electron chi connectivity index (χ4n) is 8.30. The fourth-order valence-corrected chi connectivity index (χ4v) is 8.98. The number of unbranched alkanes of at least 4 members (excludes halogenated alkanes) is 36. The van der Waals surface area contributed by atoms with Gasteiger partial charge in [0.2, 0.25) is 20.8 Å². The number of hydrogen-bond acceptors (Lipinski definition) is 8. The molecule has 0 aliphatic carbocycles. The zero-order valence-electron chi connectivity index (χ0n) is 43.4. The van der Waals surface area contributed by atoms with Crippen molar-refractivity contribution in [3.05, 3.63) is 24.3 Å². The largest absolute Gasteiger partial charge is 2.00 e. The van der Waals surface area contributed by atoms with Crippen molar-refractivity contribution in [2.45, 2.75) is 297 Å². The van der Waals surface area contributed by atoms with E-state index in [9.17, 15) is 25.9 Å². The van der Waals surface area contributed by atoms with Gasteiger partial charge in [-0.2, -0.15) is 0 Å². The average molecular weight is 988 g/mol. The van der Waals surface area contributed by atoms with Crippen LogP contribution >= 0.6 is 0 Å². The maximum absolute atomic E-state index is 10.7. The van der Waals surface area contributed by atoms with Crippen molar-refractivity contribution in [3.63, 3.8) is 0 Å². The van der Waals surface area contributed by atoms with Gasteiger partial charge in [0, 0.05) is 11.8 Å². The molecule has 0 heterocycles. The van der Waals surface area contributed by atoms with Gasteiger partial charge in [-0.05, 0) is 25.7 Å². The first kappa shape index (κ1) is 69.7. The summed E-state index contributed by atoms with van der Waals surface area (Å²) in [4.78, 5) is 0. The monoisotopic (exact) mass is 987 g/mol. The van der Waals surface area contributed by atoms with Gasteiger partial charge in [-0.3, -0.25) is 8.37 Å². The van der Waals surface area contributed by atoms with Gasteiger partial charge in [0.15, 0.2) is 0 Å². The van der Waals surface area contributed by atoms with Crippen LogP contribution in [0.2, 0.25) is 0 Å². The number of hydrogen-bond donors (Lipinski definition) is 0. The normalized spacial score (nSPS) is 13.0. The third kappa shape index (κ3) is 64.5. The molecule has 0 saturated heterocycles. The third-order valence-electron chi connectivity index (χ3n) is 12.5. The minimum atomic E-state index is -4.60. The molecule has 0 aliphatic heterocycles. The van der Waals surface area contributed by atoms with Crippen LogP contribution in [0.1, 0.15) is 297 Å². The van der Waals surface area contributed by atoms with Crippen molar-refractivity contribution in [3.8, 4) is 0 Å². The van der Waals surface area contributed by atoms with E-state index in [4.69, 9.17) is 0 Å². The van der Waals surface area contributed by atoms with Crippen LogP contribution in [0.15, 0.2) is 24.3 Å². The van der Waals surface area contributed by atoms with Crippen LogP contribution in [-0.2, 0) is 29.2 Å². The van der Waals surface area contributed by atoms with Crippen molar-refractivity contribution in [1.82, 2.24) is 0 Å². The van der Waals surface area contributed by atoms with Crippen LogP contribution < -0.4 is 0 Å². The first-order valence-corrected chi connectivity index (χ1v) is 30.2. The molecule has 0 radical (unpaired) electrons. The van der Waals surface area contributed by atoms with E-state index in [1.807, 2.05) is 12.2 Å². The predicted molar refractivity (Wildman–Crippen MR) is 279 cm³/mol. The van der Waals surface area contributed by atoms with Crippen LogP contribution in [0.4, 0.5) is 0 Å². The fraction of sp³-hybridized carbons (Fsp3) is 0.926. The van der Waals surface area contributed by atoms with E-state index >= 15 is 0 Å². The Hall–Kier alpha value is 0.480. The molecule has 0 rings (SSSR count). The molecule has 0 aromatic rings. The molecule has 0 amide bonds. The minimum absolute atomic E-state index is 0. The third-order valence-corrected chi connectivity index (χ3v) is 13.3. The molecule has 384 valence electrons. The molecule has 0 saturated carbocycles. The summed E-state index contributed by atoms with van der Waals surface area (Å²) in [6.07, 6.45) is 62.4. The first-order valence-electron chi connectivity index (χ1n) is 27.5. The Balaban J connectivity index is -0.00000116. The summed E-state index contributed by atoms with van der Waals surface area (Å²) in [5.74, 6) is 0.0406. The summed E-state index contributed by atoms with van der Waals surface area (Å²) in [6, 6.07) is 0. The molecule has 2 atom stereocenters. The number of rotatable bonds is 50. The van der Waals surface area contributed by atoms with Gasteiger partial charge in [0.05, 0.1) is 13.2 Å². The first-order chi connectivity index (χ1) is 31.0. The Kier molecular flexibility index (Phi) is 59.4. The van der Waals surface area contributed by atoms with E-state index in [2.05, 4.69) is 48.2 Å². The van der Waals surface area contributed by atoms with Gasteiger partial charge in [-0.1, -0.05) is 296 Å². The SMILES string of the molecule is CCCC/C=C/C(CCCCCCCCCCCCCCCCCCC)COS(=O)(=O)[O-].CCCC/C=C/C(CCCCCCCCCCCCCCCCCCC)COS(=O)(=O)[O-].[Ca+2]. The van der Waals surface area contributed by atoms with Gasteiger partial charge in [0.1, 0.15) is 0 Å². The van der Waals surface area contributed by atoms with Gasteiger partial charge in [-0.15, -0.1) is 0 Å². The summed E-state index contributed by atoms with van der Waals surface area (Å²) in [5.41, 5.74) is 0. The van der Waals surface area contributed by atoms with Crippen LogP contribution in [0, 0.1) is 11.8 Å². The average Bonchev–Trinajstić information content (AvgIpc) is 3.26. The second-order valence-electron chi connectivity index (χ2n) is 18.9. The smallest absolute Gasteiger partial charge is 0.726 e. The zero-order chi connectivity index (χ0) is 47.5. The summed E-state index contributed by atoms with van der Waals surface area (Å²) in [5, 5.41) is 0. The maximum Gasteiger partial charge on any atom is 2.00 e. The zero-order valence-corrected chi connectivity index (χ0v) is 47.2. The topological polar surface area (TPSA) is 133 Å². The van der Waals surface area contributed by atoms with Gasteiger partial charge >= 0.3 is 37.7 Å². The molecule has 0 aromatic carbocycles. The molecule has 0 bridgehead atoms. The quantitative estimate of drug-likeness (QED) is 0.0193. The molecule has 0 aromatic heterocycles. The Morgan fingerprint density at radius 1 is 0.338 bits per heavy atom. The summed E-state index contributed by atoms with van der Waals surface area (Å²) in [6.45, 7) is 8.81. The predicted octanol–water partition coefficient (Wildman–Crippen LogP) is 17.4. The Labute approximate surface area is 436 Å². The van der Waals surface area contributed by atoms with Crippen molar-refractivity contribution in [2.24, 2.45) is 11.8 Å². The van der Waals surface area contributed by atoms with E-state index in [-0.39, 0.29) is 62.8 Å². The molecular formula is C54H106CaO8S2. The van der Waals surface area contributed by atoms with Crippen LogP contribution in [0.3, 0.4) is 0 Å². The summed E-state index contributed by atoms with van der Waals surface area (Å²) >= 11 is 0. The van der Waals surface area contributed by atoms with Gasteiger partial charge in [0.25, 0.3) is 0 Å². The molecule has 2 unspecified atom stereocenters. The van der Waals surface area contributed by atoms with Gasteiger partial charge in [-0.25, -0.2) is 16.8 Å². The second kappa shape index (κ2) is 55.4. The van der Waals surface area contributed by atoms with Crippen molar-refractivity contribution >= 4 is 58.5 Å². The second-order valence-corrected chi connectivity index (χ2v) is 21.0. The van der Waals surface area contributed by atoms with E-state index in [0.717, 1.165) is 64.2 Å². The molecule has 0 N–H and O–H groups in total. The van der Waals surface area contributed by atoms with E-state index in [0.29, 0.717) is 0 Å². The van der Waals surface area contributed by atoms with Crippen LogP contribution in [-0.4, -0.2) is 76.9 Å². The molecule has 0 aliphatic rings. The standard InChI is InChI=1S/2C27H54O4S.Ca/c2*1-3-5-7-9-10-11-12-13-14-15-16-17-18-19-20-21-23-25-27(24-22-8-6-4-2)26-31-32(28,29)30;/h2*22,24,27H,3-21,23,25-26H2,1-2H3,(H,28,29,30);/q;;+2/p-2/b2*24-22+;. The van der Waals surface area contributed by atoms with Crippen molar-refractivity contribution < 1.29 is 34.3 Å². The molecule has 11 heteroatoms. The van der Waals surface area contributed by atoms with Crippen LogP contribution in [0.5, 0.6) is 0 Å². The van der Waals surface area contributed by atoms with E-state index < -0.39 is 20.8 Å². The van der Waals surface area contributed by atoms with Gasteiger partial charge < -0.3 is 9.11 Å². The molecule has 0 fully saturated rings. The Morgan fingerprint density at radius 2 is 0.538 bits per heavy atom. The van der Waals surface area contributed by atoms with Crippen molar-refractivity contribution in [1.29, 1.82) is 0 Å². The Morgan fingerprint density at radius 3 is 0.738 bits per heavy atom. The molecule has 65 heavy (non-hydrogen) atoms. The molecule has 0 spiro atoms. The summed E-state index contributed by atoms with van der Waals surface area (Å²) < 4.78 is 73.5. The summed E-state index contributed by atoms with van der Waals surface area (Å²) in [7, 11) is -9.20. The maximum atomic E-state index is 10.7. The Bertz CT molecular complexity index is 1100. The van der Waals surface area contributed by atoms with E-state index in [1.165, 1.54) is 205 Å². The minimum Gasteiger partial charge on any atom is -0.726 e. The van der Waals surface area contributed by atoms with Crippen molar-refractivity contribution in [2.75, 3.05) is 13.2 Å².